The number of H-pyrrole nitrogens is 1. The minimum Gasteiger partial charge on any atom is -0.494 e. The third kappa shape index (κ3) is 6.94. The van der Waals surface area contributed by atoms with Gasteiger partial charge in [-0.25, -0.2) is 19.1 Å². The molecule has 1 aliphatic heterocycles. The van der Waals surface area contributed by atoms with Crippen molar-refractivity contribution in [2.75, 3.05) is 10.2 Å². The minimum atomic E-state index is -0.964. The van der Waals surface area contributed by atoms with E-state index in [-0.39, 0.29) is 29.2 Å². The summed E-state index contributed by atoms with van der Waals surface area (Å²) in [7, 11) is 0. The lowest BCUT2D eigenvalue weighted by Crippen LogP contribution is -2.54. The van der Waals surface area contributed by atoms with E-state index in [4.69, 9.17) is 0 Å². The van der Waals surface area contributed by atoms with Crippen LogP contribution in [0.5, 0.6) is 5.88 Å². The van der Waals surface area contributed by atoms with Crippen molar-refractivity contribution >= 4 is 46.8 Å². The Morgan fingerprint density at radius 1 is 0.958 bits per heavy atom. The van der Waals surface area contributed by atoms with Crippen molar-refractivity contribution in [1.82, 2.24) is 19.9 Å². The van der Waals surface area contributed by atoms with E-state index in [1.54, 1.807) is 49.4 Å². The highest BCUT2D eigenvalue weighted by molar-refractivity contribution is 6.37. The van der Waals surface area contributed by atoms with E-state index in [0.29, 0.717) is 28.9 Å². The molecule has 13 nitrogen and oxygen atoms in total. The highest BCUT2D eigenvalue weighted by Gasteiger charge is 2.36. The molecular weight excluding hydrogens is 616 g/mol. The first-order valence-corrected chi connectivity index (χ1v) is 14.9. The number of aromatic hydroxyl groups is 1. The number of pyridine rings is 1. The Kier molecular flexibility index (Phi) is 9.69. The van der Waals surface area contributed by atoms with Crippen LogP contribution in [0.1, 0.15) is 37.0 Å². The second-order valence-electron chi connectivity index (χ2n) is 10.5. The normalized spacial score (nSPS) is 14.5. The molecule has 2 aromatic carbocycles. The Balaban J connectivity index is 1.55. The van der Waals surface area contributed by atoms with Gasteiger partial charge in [-0.2, -0.15) is 0 Å². The maximum Gasteiger partial charge on any atom is 0.335 e. The first-order valence-electron chi connectivity index (χ1n) is 14.9. The van der Waals surface area contributed by atoms with Crippen LogP contribution in [-0.4, -0.2) is 43.4 Å². The Hall–Kier alpha value is -6.63. The monoisotopic (exact) mass is 646 g/mol. The second kappa shape index (κ2) is 14.2. The Morgan fingerprint density at radius 2 is 1.69 bits per heavy atom. The van der Waals surface area contributed by atoms with Crippen LogP contribution in [0.3, 0.4) is 0 Å². The van der Waals surface area contributed by atoms with Gasteiger partial charge in [-0.05, 0) is 77.7 Å². The van der Waals surface area contributed by atoms with Crippen LogP contribution in [0.25, 0.3) is 17.3 Å². The third-order valence-electron chi connectivity index (χ3n) is 7.38. The van der Waals surface area contributed by atoms with Crippen LogP contribution in [-0.2, 0) is 20.8 Å². The van der Waals surface area contributed by atoms with Crippen LogP contribution in [0.2, 0.25) is 0 Å². The summed E-state index contributed by atoms with van der Waals surface area (Å²) in [6, 6.07) is 15.3. The van der Waals surface area contributed by atoms with E-state index in [1.165, 1.54) is 48.8 Å². The molecule has 2 aromatic heterocycles. The van der Waals surface area contributed by atoms with Gasteiger partial charge in [0.2, 0.25) is 11.8 Å². The fourth-order valence-corrected chi connectivity index (χ4v) is 4.86. The summed E-state index contributed by atoms with van der Waals surface area (Å²) in [5.74, 6) is -2.75. The van der Waals surface area contributed by atoms with Gasteiger partial charge in [0, 0.05) is 24.5 Å². The zero-order chi connectivity index (χ0) is 34.4. The highest BCUT2D eigenvalue weighted by atomic mass is 16.3. The van der Waals surface area contributed by atoms with E-state index >= 15 is 0 Å². The molecule has 242 valence electrons. The Bertz CT molecular complexity index is 2140. The van der Waals surface area contributed by atoms with Gasteiger partial charge in [-0.15, -0.1) is 0 Å². The van der Waals surface area contributed by atoms with Crippen LogP contribution in [0, 0.1) is 0 Å². The molecule has 13 heteroatoms. The average molecular weight is 647 g/mol. The van der Waals surface area contributed by atoms with Crippen LogP contribution >= 0.6 is 0 Å². The SMILES string of the molecule is CCC(=O)Nc1cccc(N2C(=O)NC(=O)C(=CC=C(C=Cc3c(O)[nH]c(=O)n(-c4cccc(CC)c4)c3=O)c3ccncc3)C2=O)c1. The summed E-state index contributed by atoms with van der Waals surface area (Å²) in [4.78, 5) is 84.3. The number of hydrogen-bond acceptors (Lipinski definition) is 8. The molecule has 0 spiro atoms. The van der Waals surface area contributed by atoms with Crippen molar-refractivity contribution in [2.45, 2.75) is 26.7 Å². The standard InChI is InChI=1S/C35H30N6O7/c1-3-21-7-5-9-25(19-21)40-32(45)27(30(43)38-34(40)47)13-11-22(23-15-17-36-18-16-23)12-14-28-31(44)39-35(48)41(33(28)46)26-10-6-8-24(20-26)37-29(42)4-2/h5-20,43H,3-4H2,1-2H3,(H,37,42)(H,38,47)(H,39,44,48). The zero-order valence-corrected chi connectivity index (χ0v) is 25.9. The van der Waals surface area contributed by atoms with Gasteiger partial charge >= 0.3 is 11.7 Å². The lowest BCUT2D eigenvalue weighted by Gasteiger charge is -2.26. The number of urea groups is 1. The Labute approximate surface area is 273 Å². The molecule has 48 heavy (non-hydrogen) atoms. The first kappa shape index (κ1) is 32.8. The number of aryl methyl sites for hydroxylation is 1. The number of carbonyl (C=O) groups excluding carboxylic acids is 4. The molecule has 0 aliphatic carbocycles. The zero-order valence-electron chi connectivity index (χ0n) is 25.9. The van der Waals surface area contributed by atoms with Crippen LogP contribution < -0.4 is 26.8 Å². The van der Waals surface area contributed by atoms with Crippen molar-refractivity contribution in [3.05, 3.63) is 134 Å². The number of imide groups is 2. The van der Waals surface area contributed by atoms with Gasteiger partial charge in [-0.1, -0.05) is 44.2 Å². The van der Waals surface area contributed by atoms with Gasteiger partial charge in [0.15, 0.2) is 0 Å². The molecule has 4 N–H and O–H groups in total. The third-order valence-corrected chi connectivity index (χ3v) is 7.38. The Morgan fingerprint density at radius 3 is 2.42 bits per heavy atom. The topological polar surface area (TPSA) is 184 Å². The number of benzene rings is 2. The van der Waals surface area contributed by atoms with Crippen molar-refractivity contribution in [3.63, 3.8) is 0 Å². The number of aromatic amines is 1. The van der Waals surface area contributed by atoms with Gasteiger partial charge in [0.05, 0.1) is 11.4 Å². The highest BCUT2D eigenvalue weighted by Crippen LogP contribution is 2.25. The summed E-state index contributed by atoms with van der Waals surface area (Å²) in [6.07, 6.45) is 9.33. The van der Waals surface area contributed by atoms with Gasteiger partial charge in [0.25, 0.3) is 17.4 Å². The molecule has 0 saturated carbocycles. The fourth-order valence-electron chi connectivity index (χ4n) is 4.86. The molecular formula is C35H30N6O7. The second-order valence-corrected chi connectivity index (χ2v) is 10.5. The fraction of sp³-hybridized carbons (Fsp3) is 0.114. The van der Waals surface area contributed by atoms with E-state index in [1.807, 2.05) is 13.0 Å². The number of barbiturate groups is 1. The molecule has 0 radical (unpaired) electrons. The number of rotatable bonds is 9. The summed E-state index contributed by atoms with van der Waals surface area (Å²) in [5.41, 5.74) is 0.453. The largest absolute Gasteiger partial charge is 0.494 e. The minimum absolute atomic E-state index is 0.123. The quantitative estimate of drug-likeness (QED) is 0.120. The number of allylic oxidation sites excluding steroid dienone is 4. The number of nitrogens with zero attached hydrogens (tertiary/aromatic N) is 3. The molecule has 5 rings (SSSR count). The van der Waals surface area contributed by atoms with E-state index < -0.39 is 35.0 Å². The van der Waals surface area contributed by atoms with Crippen molar-refractivity contribution in [3.8, 4) is 11.6 Å². The predicted molar refractivity (Wildman–Crippen MR) is 179 cm³/mol. The lowest BCUT2D eigenvalue weighted by atomic mass is 10.0. The van der Waals surface area contributed by atoms with Gasteiger partial charge < -0.3 is 10.4 Å². The summed E-state index contributed by atoms with van der Waals surface area (Å²) in [6.45, 7) is 3.62. The molecule has 1 fully saturated rings. The van der Waals surface area contributed by atoms with E-state index in [9.17, 15) is 33.9 Å². The van der Waals surface area contributed by atoms with Gasteiger partial charge in [0.1, 0.15) is 11.1 Å². The van der Waals surface area contributed by atoms with Crippen LogP contribution in [0.4, 0.5) is 16.2 Å². The summed E-state index contributed by atoms with van der Waals surface area (Å²) < 4.78 is 0.912. The lowest BCUT2D eigenvalue weighted by molar-refractivity contribution is -0.122. The molecule has 3 heterocycles. The smallest absolute Gasteiger partial charge is 0.335 e. The molecule has 1 aliphatic rings. The van der Waals surface area contributed by atoms with Gasteiger partial charge in [-0.3, -0.25) is 34.5 Å². The number of hydrogen-bond donors (Lipinski definition) is 4. The molecule has 0 atom stereocenters. The average Bonchev–Trinajstić information content (AvgIpc) is 3.07. The first-order chi connectivity index (χ1) is 23.1. The number of carbonyl (C=O) groups is 4. The van der Waals surface area contributed by atoms with E-state index in [2.05, 4.69) is 20.6 Å². The number of anilines is 2. The molecule has 5 amide bonds. The summed E-state index contributed by atoms with van der Waals surface area (Å²) in [5, 5.41) is 15.4. The predicted octanol–water partition coefficient (Wildman–Crippen LogP) is 3.84. The maximum absolute atomic E-state index is 13.5. The van der Waals surface area contributed by atoms with E-state index in [0.717, 1.165) is 15.0 Å². The molecule has 0 unspecified atom stereocenters. The number of amides is 5. The van der Waals surface area contributed by atoms with Crippen molar-refractivity contribution in [2.24, 2.45) is 0 Å². The maximum atomic E-state index is 13.5. The molecule has 0 bridgehead atoms. The van der Waals surface area contributed by atoms with Crippen molar-refractivity contribution in [1.29, 1.82) is 0 Å². The molecule has 4 aromatic rings. The molecule has 1 saturated heterocycles. The summed E-state index contributed by atoms with van der Waals surface area (Å²) >= 11 is 0. The number of aromatic nitrogens is 3. The van der Waals surface area contributed by atoms with Crippen LogP contribution in [0.15, 0.2) is 106 Å². The number of nitrogens with one attached hydrogen (secondary N) is 3. The van der Waals surface area contributed by atoms with Crippen molar-refractivity contribution < 1.29 is 24.3 Å².